The zero-order valence-corrected chi connectivity index (χ0v) is 18.4. The van der Waals surface area contributed by atoms with Crippen molar-refractivity contribution in [1.82, 2.24) is 16.0 Å². The van der Waals surface area contributed by atoms with Crippen LogP contribution in [-0.2, 0) is 12.3 Å². The summed E-state index contributed by atoms with van der Waals surface area (Å²) < 4.78 is 23.7. The molecule has 0 aliphatic carbocycles. The van der Waals surface area contributed by atoms with Crippen LogP contribution in [0.2, 0.25) is 0 Å². The summed E-state index contributed by atoms with van der Waals surface area (Å²) in [5.41, 5.74) is 16.4. The van der Waals surface area contributed by atoms with E-state index in [1.807, 2.05) is 6.92 Å². The van der Waals surface area contributed by atoms with E-state index in [9.17, 15) is 0 Å². The Hall–Kier alpha value is 0.399. The molecular formula is C14H38N6O4Sn. The standard InChI is InChI=1S/3C4H11N2O.C2H5O.Sn/c3*5-1-2-6-3-4-7;1-2-3;/h3*6H,1-5H2;2H2,1H3;/q4*-1;+4. The number of hydrogen-bond donors (Lipinski definition) is 6. The molecular weight excluding hydrogens is 435 g/mol. The Bertz CT molecular complexity index is 246. The van der Waals surface area contributed by atoms with E-state index in [1.165, 1.54) is 0 Å². The summed E-state index contributed by atoms with van der Waals surface area (Å²) in [5, 5.41) is 9.55. The van der Waals surface area contributed by atoms with E-state index in [1.54, 1.807) is 0 Å². The van der Waals surface area contributed by atoms with E-state index in [4.69, 9.17) is 29.5 Å². The third-order valence-corrected chi connectivity index (χ3v) is 9.57. The van der Waals surface area contributed by atoms with Gasteiger partial charge in [-0.3, -0.25) is 0 Å². The molecule has 0 rings (SSSR count). The molecule has 0 saturated heterocycles. The van der Waals surface area contributed by atoms with Crippen LogP contribution >= 0.6 is 0 Å². The van der Waals surface area contributed by atoms with Gasteiger partial charge in [0.25, 0.3) is 0 Å². The van der Waals surface area contributed by atoms with Crippen molar-refractivity contribution >= 4 is 20.0 Å². The van der Waals surface area contributed by atoms with Crippen molar-refractivity contribution in [2.24, 2.45) is 17.2 Å². The Kier molecular flexibility index (Phi) is 19.5. The van der Waals surface area contributed by atoms with Gasteiger partial charge in [-0.25, -0.2) is 0 Å². The topological polar surface area (TPSA) is 151 Å². The van der Waals surface area contributed by atoms with Crippen molar-refractivity contribution in [2.45, 2.75) is 6.92 Å². The first-order valence-electron chi connectivity index (χ1n) is 9.02. The summed E-state index contributed by atoms with van der Waals surface area (Å²) in [6.07, 6.45) is 0. The summed E-state index contributed by atoms with van der Waals surface area (Å²) in [6, 6.07) is 0. The van der Waals surface area contributed by atoms with Crippen LogP contribution in [-0.4, -0.2) is 105 Å². The van der Waals surface area contributed by atoms with Crippen molar-refractivity contribution in [2.75, 3.05) is 85.3 Å². The van der Waals surface area contributed by atoms with E-state index in [2.05, 4.69) is 16.0 Å². The van der Waals surface area contributed by atoms with Crippen LogP contribution in [0.3, 0.4) is 0 Å². The van der Waals surface area contributed by atoms with Gasteiger partial charge >= 0.3 is 158 Å². The maximum atomic E-state index is 5.96. The third-order valence-electron chi connectivity index (χ3n) is 2.96. The summed E-state index contributed by atoms with van der Waals surface area (Å²) in [5.74, 6) is 0. The second-order valence-electron chi connectivity index (χ2n) is 5.09. The van der Waals surface area contributed by atoms with E-state index in [0.717, 1.165) is 19.6 Å². The van der Waals surface area contributed by atoms with Crippen LogP contribution in [0, 0.1) is 0 Å². The first kappa shape index (κ1) is 25.4. The number of hydrogen-bond acceptors (Lipinski definition) is 10. The Labute approximate surface area is 157 Å². The fourth-order valence-corrected chi connectivity index (χ4v) is 7.30. The second-order valence-corrected chi connectivity index (χ2v) is 11.2. The van der Waals surface area contributed by atoms with Crippen molar-refractivity contribution < 1.29 is 12.3 Å². The van der Waals surface area contributed by atoms with E-state index >= 15 is 0 Å². The quantitative estimate of drug-likeness (QED) is 0.0806. The fraction of sp³-hybridized carbons (Fsp3) is 1.00. The second kappa shape index (κ2) is 19.2. The Morgan fingerprint density at radius 3 is 1.24 bits per heavy atom. The molecule has 0 aromatic rings. The molecule has 0 bridgehead atoms. The van der Waals surface area contributed by atoms with Crippen molar-refractivity contribution in [3.05, 3.63) is 0 Å². The number of nitrogens with two attached hydrogens (primary N) is 3. The van der Waals surface area contributed by atoms with E-state index in [-0.39, 0.29) is 0 Å². The molecule has 0 radical (unpaired) electrons. The molecule has 11 heteroatoms. The molecule has 0 aliphatic rings. The van der Waals surface area contributed by atoms with E-state index in [0.29, 0.717) is 65.7 Å². The van der Waals surface area contributed by atoms with Crippen molar-refractivity contribution in [3.63, 3.8) is 0 Å². The van der Waals surface area contributed by atoms with Crippen LogP contribution in [0.5, 0.6) is 0 Å². The maximum absolute atomic E-state index is 5.96. The van der Waals surface area contributed by atoms with Crippen LogP contribution in [0.25, 0.3) is 0 Å². The molecule has 25 heavy (non-hydrogen) atoms. The van der Waals surface area contributed by atoms with E-state index < -0.39 is 20.0 Å². The Balaban J connectivity index is 4.40. The molecule has 0 spiro atoms. The Morgan fingerprint density at radius 2 is 0.960 bits per heavy atom. The summed E-state index contributed by atoms with van der Waals surface area (Å²) in [7, 11) is 0. The number of rotatable bonds is 20. The summed E-state index contributed by atoms with van der Waals surface area (Å²) in [4.78, 5) is 0. The first-order valence-corrected chi connectivity index (χ1v) is 13.7. The molecule has 152 valence electrons. The van der Waals surface area contributed by atoms with Crippen LogP contribution in [0.15, 0.2) is 0 Å². The minimum atomic E-state index is -4.04. The molecule has 9 N–H and O–H groups in total. The third kappa shape index (κ3) is 15.2. The molecule has 10 nitrogen and oxygen atoms in total. The summed E-state index contributed by atoms with van der Waals surface area (Å²) in [6.45, 7) is 9.80. The minimum absolute atomic E-state index is 0.461. The SMILES string of the molecule is CC[O][Sn]([O]CCNCCN)([O]CCNCCN)[O]CCNCCN. The fourth-order valence-electron chi connectivity index (χ4n) is 1.85. The van der Waals surface area contributed by atoms with Gasteiger partial charge in [-0.05, 0) is 0 Å². The first-order chi connectivity index (χ1) is 12.2. The predicted molar refractivity (Wildman–Crippen MR) is 101 cm³/mol. The van der Waals surface area contributed by atoms with Crippen LogP contribution in [0.4, 0.5) is 0 Å². The van der Waals surface area contributed by atoms with Crippen molar-refractivity contribution in [3.8, 4) is 0 Å². The van der Waals surface area contributed by atoms with Gasteiger partial charge < -0.3 is 0 Å². The van der Waals surface area contributed by atoms with Crippen LogP contribution in [0.1, 0.15) is 6.92 Å². The normalized spacial score (nSPS) is 12.0. The monoisotopic (exact) mass is 474 g/mol. The van der Waals surface area contributed by atoms with Gasteiger partial charge in [0.05, 0.1) is 0 Å². The molecule has 0 atom stereocenters. The molecule has 0 amide bonds. The van der Waals surface area contributed by atoms with Gasteiger partial charge in [-0.1, -0.05) is 0 Å². The zero-order valence-electron chi connectivity index (χ0n) is 15.6. The molecule has 0 saturated carbocycles. The van der Waals surface area contributed by atoms with Gasteiger partial charge in [-0.15, -0.1) is 0 Å². The average Bonchev–Trinajstić information content (AvgIpc) is 2.61. The molecule has 0 unspecified atom stereocenters. The van der Waals surface area contributed by atoms with Gasteiger partial charge in [0.1, 0.15) is 0 Å². The average molecular weight is 473 g/mol. The Morgan fingerprint density at radius 1 is 0.600 bits per heavy atom. The van der Waals surface area contributed by atoms with Gasteiger partial charge in [0.2, 0.25) is 0 Å². The molecule has 0 aromatic heterocycles. The van der Waals surface area contributed by atoms with Crippen molar-refractivity contribution in [1.29, 1.82) is 0 Å². The molecule has 0 fully saturated rings. The molecule has 0 aromatic carbocycles. The van der Waals surface area contributed by atoms with Gasteiger partial charge in [0.15, 0.2) is 0 Å². The van der Waals surface area contributed by atoms with Gasteiger partial charge in [-0.2, -0.15) is 0 Å². The summed E-state index contributed by atoms with van der Waals surface area (Å²) >= 11 is -4.04. The van der Waals surface area contributed by atoms with Crippen LogP contribution < -0.4 is 33.2 Å². The molecule has 0 heterocycles. The van der Waals surface area contributed by atoms with Gasteiger partial charge in [0, 0.05) is 0 Å². The molecule has 0 aliphatic heterocycles. The number of nitrogens with one attached hydrogen (secondary N) is 3. The zero-order chi connectivity index (χ0) is 18.6. The predicted octanol–water partition coefficient (Wildman–Crippen LogP) is -2.85.